The van der Waals surface area contributed by atoms with Gasteiger partial charge >= 0.3 is 5.97 Å². The summed E-state index contributed by atoms with van der Waals surface area (Å²) < 4.78 is 4.56. The number of nitrogens with one attached hydrogen (secondary N) is 2. The molecule has 0 aliphatic rings. The molecule has 1 amide bonds. The number of ether oxygens (including phenoxy) is 1. The molecule has 0 aromatic heterocycles. The Morgan fingerprint density at radius 2 is 2.00 bits per heavy atom. The predicted octanol–water partition coefficient (Wildman–Crippen LogP) is 1.41. The lowest BCUT2D eigenvalue weighted by molar-refractivity contribution is -0.142. The molecule has 0 saturated heterocycles. The van der Waals surface area contributed by atoms with Gasteiger partial charge < -0.3 is 15.4 Å². The number of methoxy groups -OCH3 is 1. The number of para-hydroxylation sites is 1. The predicted molar refractivity (Wildman–Crippen MR) is 69.5 cm³/mol. The number of anilines is 1. The van der Waals surface area contributed by atoms with Crippen LogP contribution in [0.25, 0.3) is 0 Å². The molecule has 1 unspecified atom stereocenters. The Morgan fingerprint density at radius 1 is 1.33 bits per heavy atom. The highest BCUT2D eigenvalue weighted by molar-refractivity contribution is 6.01. The van der Waals surface area contributed by atoms with Crippen molar-refractivity contribution in [3.63, 3.8) is 0 Å². The summed E-state index contributed by atoms with van der Waals surface area (Å²) in [6.07, 6.45) is 0. The SMILES string of the molecule is CCNc1ccccc1C(=O)NC(C)C(=O)OC. The van der Waals surface area contributed by atoms with Gasteiger partial charge in [0.05, 0.1) is 12.7 Å². The Kier molecular flexibility index (Phi) is 5.17. The number of carbonyl (C=O) groups is 2. The Labute approximate surface area is 107 Å². The van der Waals surface area contributed by atoms with Gasteiger partial charge in [-0.15, -0.1) is 0 Å². The standard InChI is InChI=1S/C13H18N2O3/c1-4-14-11-8-6-5-7-10(11)12(16)15-9(2)13(17)18-3/h5-9,14H,4H2,1-3H3,(H,15,16). The fraction of sp³-hybridized carbons (Fsp3) is 0.385. The maximum Gasteiger partial charge on any atom is 0.328 e. The van der Waals surface area contributed by atoms with Crippen molar-refractivity contribution in [2.45, 2.75) is 19.9 Å². The van der Waals surface area contributed by atoms with E-state index in [0.29, 0.717) is 5.56 Å². The van der Waals surface area contributed by atoms with Gasteiger partial charge in [-0.2, -0.15) is 0 Å². The minimum Gasteiger partial charge on any atom is -0.467 e. The minimum atomic E-state index is -0.669. The van der Waals surface area contributed by atoms with Crippen LogP contribution in [0.15, 0.2) is 24.3 Å². The molecular formula is C13H18N2O3. The van der Waals surface area contributed by atoms with Crippen molar-refractivity contribution in [1.29, 1.82) is 0 Å². The highest BCUT2D eigenvalue weighted by Gasteiger charge is 2.18. The second-order valence-corrected chi connectivity index (χ2v) is 3.79. The lowest BCUT2D eigenvalue weighted by Crippen LogP contribution is -2.39. The van der Waals surface area contributed by atoms with Crippen molar-refractivity contribution in [3.8, 4) is 0 Å². The summed E-state index contributed by atoms with van der Waals surface area (Å²) in [6, 6.07) is 6.48. The summed E-state index contributed by atoms with van der Waals surface area (Å²) in [5, 5.41) is 5.69. The number of hydrogen-bond acceptors (Lipinski definition) is 4. The minimum absolute atomic E-state index is 0.301. The van der Waals surface area contributed by atoms with Gasteiger partial charge in [-0.25, -0.2) is 4.79 Å². The molecule has 0 saturated carbocycles. The van der Waals surface area contributed by atoms with E-state index in [4.69, 9.17) is 0 Å². The zero-order valence-corrected chi connectivity index (χ0v) is 10.8. The normalized spacial score (nSPS) is 11.5. The molecule has 5 nitrogen and oxygen atoms in total. The van der Waals surface area contributed by atoms with E-state index >= 15 is 0 Å². The second-order valence-electron chi connectivity index (χ2n) is 3.79. The highest BCUT2D eigenvalue weighted by atomic mass is 16.5. The van der Waals surface area contributed by atoms with E-state index in [9.17, 15) is 9.59 Å². The third kappa shape index (κ3) is 3.48. The number of esters is 1. The molecule has 0 aliphatic heterocycles. The van der Waals surface area contributed by atoms with Crippen molar-refractivity contribution in [1.82, 2.24) is 5.32 Å². The molecule has 2 N–H and O–H groups in total. The molecule has 0 fully saturated rings. The summed E-state index contributed by atoms with van der Waals surface area (Å²) in [4.78, 5) is 23.2. The molecule has 98 valence electrons. The zero-order chi connectivity index (χ0) is 13.5. The number of rotatable bonds is 5. The topological polar surface area (TPSA) is 67.4 Å². The summed E-state index contributed by atoms with van der Waals surface area (Å²) in [7, 11) is 1.29. The molecule has 1 aromatic carbocycles. The van der Waals surface area contributed by atoms with Gasteiger partial charge in [0.15, 0.2) is 0 Å². The van der Waals surface area contributed by atoms with Gasteiger partial charge in [-0.05, 0) is 26.0 Å². The third-order valence-electron chi connectivity index (χ3n) is 2.44. The molecule has 0 radical (unpaired) electrons. The number of benzene rings is 1. The number of amides is 1. The Hall–Kier alpha value is -2.04. The van der Waals surface area contributed by atoms with Crippen molar-refractivity contribution in [3.05, 3.63) is 29.8 Å². The van der Waals surface area contributed by atoms with E-state index < -0.39 is 12.0 Å². The van der Waals surface area contributed by atoms with Crippen molar-refractivity contribution < 1.29 is 14.3 Å². The van der Waals surface area contributed by atoms with Crippen LogP contribution in [0.4, 0.5) is 5.69 Å². The Morgan fingerprint density at radius 3 is 2.61 bits per heavy atom. The molecule has 0 spiro atoms. The van der Waals surface area contributed by atoms with E-state index in [1.807, 2.05) is 19.1 Å². The first kappa shape index (κ1) is 14.0. The number of carbonyl (C=O) groups excluding carboxylic acids is 2. The van der Waals surface area contributed by atoms with Crippen LogP contribution in [-0.2, 0) is 9.53 Å². The van der Waals surface area contributed by atoms with Gasteiger partial charge in [-0.3, -0.25) is 4.79 Å². The summed E-state index contributed by atoms with van der Waals surface area (Å²) in [6.45, 7) is 4.25. The van der Waals surface area contributed by atoms with Crippen LogP contribution in [0.3, 0.4) is 0 Å². The van der Waals surface area contributed by atoms with Gasteiger partial charge in [0.1, 0.15) is 6.04 Å². The molecule has 18 heavy (non-hydrogen) atoms. The first-order valence-electron chi connectivity index (χ1n) is 5.81. The van der Waals surface area contributed by atoms with E-state index in [0.717, 1.165) is 12.2 Å². The first-order chi connectivity index (χ1) is 8.60. The molecular weight excluding hydrogens is 232 g/mol. The quantitative estimate of drug-likeness (QED) is 0.775. The van der Waals surface area contributed by atoms with Crippen LogP contribution in [0.1, 0.15) is 24.2 Å². The first-order valence-corrected chi connectivity index (χ1v) is 5.81. The van der Waals surface area contributed by atoms with Crippen molar-refractivity contribution in [2.75, 3.05) is 19.0 Å². The fourth-order valence-electron chi connectivity index (χ4n) is 1.54. The van der Waals surface area contributed by atoms with E-state index in [1.54, 1.807) is 19.1 Å². The van der Waals surface area contributed by atoms with E-state index in [-0.39, 0.29) is 5.91 Å². The second kappa shape index (κ2) is 6.64. The third-order valence-corrected chi connectivity index (χ3v) is 2.44. The molecule has 0 bridgehead atoms. The molecule has 0 heterocycles. The maximum atomic E-state index is 12.0. The lowest BCUT2D eigenvalue weighted by atomic mass is 10.1. The van der Waals surface area contributed by atoms with Crippen LogP contribution >= 0.6 is 0 Å². The van der Waals surface area contributed by atoms with Crippen LogP contribution in [-0.4, -0.2) is 31.6 Å². The Bertz CT molecular complexity index is 432. The average Bonchev–Trinajstić information content (AvgIpc) is 2.38. The maximum absolute atomic E-state index is 12.0. The van der Waals surface area contributed by atoms with Gasteiger partial charge in [0, 0.05) is 12.2 Å². The molecule has 1 rings (SSSR count). The highest BCUT2D eigenvalue weighted by Crippen LogP contribution is 2.14. The lowest BCUT2D eigenvalue weighted by Gasteiger charge is -2.14. The largest absolute Gasteiger partial charge is 0.467 e. The van der Waals surface area contributed by atoms with Gasteiger partial charge in [-0.1, -0.05) is 12.1 Å². The molecule has 1 atom stereocenters. The smallest absolute Gasteiger partial charge is 0.328 e. The molecule has 0 aliphatic carbocycles. The average molecular weight is 250 g/mol. The van der Waals surface area contributed by atoms with Crippen molar-refractivity contribution >= 4 is 17.6 Å². The summed E-state index contributed by atoms with van der Waals surface area (Å²) in [5.74, 6) is -0.770. The van der Waals surface area contributed by atoms with E-state index in [1.165, 1.54) is 7.11 Å². The summed E-state index contributed by atoms with van der Waals surface area (Å²) in [5.41, 5.74) is 1.25. The van der Waals surface area contributed by atoms with Crippen LogP contribution < -0.4 is 10.6 Å². The van der Waals surface area contributed by atoms with E-state index in [2.05, 4.69) is 15.4 Å². The van der Waals surface area contributed by atoms with Crippen LogP contribution in [0.2, 0.25) is 0 Å². The molecule has 1 aromatic rings. The van der Waals surface area contributed by atoms with Crippen LogP contribution in [0, 0.1) is 0 Å². The molecule has 5 heteroatoms. The van der Waals surface area contributed by atoms with Gasteiger partial charge in [0.25, 0.3) is 5.91 Å². The van der Waals surface area contributed by atoms with Crippen molar-refractivity contribution in [2.24, 2.45) is 0 Å². The monoisotopic (exact) mass is 250 g/mol. The Balaban J connectivity index is 2.81. The summed E-state index contributed by atoms with van der Waals surface area (Å²) >= 11 is 0. The number of hydrogen-bond donors (Lipinski definition) is 2. The zero-order valence-electron chi connectivity index (χ0n) is 10.8. The van der Waals surface area contributed by atoms with Gasteiger partial charge in [0.2, 0.25) is 0 Å². The fourth-order valence-corrected chi connectivity index (χ4v) is 1.54. The van der Waals surface area contributed by atoms with Crippen LogP contribution in [0.5, 0.6) is 0 Å².